The fraction of sp³-hybridized carbons (Fsp3) is 0.455. The zero-order chi connectivity index (χ0) is 13.1. The van der Waals surface area contributed by atoms with Gasteiger partial charge in [-0.25, -0.2) is 12.8 Å². The summed E-state index contributed by atoms with van der Waals surface area (Å²) < 4.78 is 34.8. The van der Waals surface area contributed by atoms with E-state index in [1.807, 2.05) is 0 Å². The van der Waals surface area contributed by atoms with Gasteiger partial charge in [0.2, 0.25) is 0 Å². The number of aliphatic hydroxyl groups is 1. The highest BCUT2D eigenvalue weighted by Crippen LogP contribution is 2.25. The summed E-state index contributed by atoms with van der Waals surface area (Å²) in [6.45, 7) is 0. The predicted octanol–water partition coefficient (Wildman–Crippen LogP) is 1.27. The average Bonchev–Trinajstić information content (AvgIpc) is 2.19. The predicted molar refractivity (Wildman–Crippen MR) is 64.7 cm³/mol. The highest BCUT2D eigenvalue weighted by atomic mass is 32.2. The van der Waals surface area contributed by atoms with Gasteiger partial charge in [-0.15, -0.1) is 0 Å². The molecule has 0 aromatic heterocycles. The summed E-state index contributed by atoms with van der Waals surface area (Å²) in [5.41, 5.74) is 6.21. The maximum Gasteiger partial charge on any atom is 0.147 e. The Morgan fingerprint density at radius 2 is 2.12 bits per heavy atom. The minimum atomic E-state index is -3.04. The molecule has 4 nitrogen and oxygen atoms in total. The van der Waals surface area contributed by atoms with E-state index in [0.717, 1.165) is 6.26 Å². The van der Waals surface area contributed by atoms with Gasteiger partial charge in [-0.05, 0) is 31.0 Å². The number of rotatable bonds is 5. The number of sulfone groups is 1. The second-order valence-corrected chi connectivity index (χ2v) is 6.32. The van der Waals surface area contributed by atoms with Gasteiger partial charge in [0, 0.05) is 23.3 Å². The van der Waals surface area contributed by atoms with Crippen LogP contribution >= 0.6 is 0 Å². The highest BCUT2D eigenvalue weighted by molar-refractivity contribution is 7.90. The lowest BCUT2D eigenvalue weighted by atomic mass is 10.0. The molecule has 0 spiro atoms. The van der Waals surface area contributed by atoms with Crippen molar-refractivity contribution in [2.75, 3.05) is 17.7 Å². The van der Waals surface area contributed by atoms with Crippen LogP contribution in [0.3, 0.4) is 0 Å². The van der Waals surface area contributed by atoms with E-state index in [2.05, 4.69) is 0 Å². The van der Waals surface area contributed by atoms with Gasteiger partial charge in [0.15, 0.2) is 0 Å². The Bertz CT molecular complexity index is 487. The SMILES string of the molecule is CS(=O)(=O)CCCC(O)c1cc(F)ccc1N. The Balaban J connectivity index is 2.64. The average molecular weight is 261 g/mol. The molecule has 0 amide bonds. The molecule has 0 radical (unpaired) electrons. The number of hydrogen-bond acceptors (Lipinski definition) is 4. The minimum absolute atomic E-state index is 0.000714. The van der Waals surface area contributed by atoms with Crippen LogP contribution in [0.5, 0.6) is 0 Å². The van der Waals surface area contributed by atoms with Crippen molar-refractivity contribution in [2.24, 2.45) is 0 Å². The standard InChI is InChI=1S/C11H16FNO3S/c1-17(15,16)6-2-3-11(14)9-7-8(12)4-5-10(9)13/h4-5,7,11,14H,2-3,6,13H2,1H3. The van der Waals surface area contributed by atoms with Crippen molar-refractivity contribution in [3.05, 3.63) is 29.6 Å². The van der Waals surface area contributed by atoms with Crippen molar-refractivity contribution in [3.8, 4) is 0 Å². The molecule has 3 N–H and O–H groups in total. The number of benzene rings is 1. The van der Waals surface area contributed by atoms with E-state index in [9.17, 15) is 17.9 Å². The van der Waals surface area contributed by atoms with Crippen LogP contribution in [0.2, 0.25) is 0 Å². The van der Waals surface area contributed by atoms with Crippen LogP contribution in [-0.2, 0) is 9.84 Å². The van der Waals surface area contributed by atoms with Gasteiger partial charge < -0.3 is 10.8 Å². The number of anilines is 1. The van der Waals surface area contributed by atoms with E-state index in [1.54, 1.807) is 0 Å². The quantitative estimate of drug-likeness (QED) is 0.782. The number of nitrogen functional groups attached to an aromatic ring is 1. The van der Waals surface area contributed by atoms with E-state index in [4.69, 9.17) is 5.73 Å². The molecule has 0 saturated carbocycles. The van der Waals surface area contributed by atoms with Gasteiger partial charge in [0.05, 0.1) is 6.10 Å². The first-order valence-electron chi connectivity index (χ1n) is 5.20. The van der Waals surface area contributed by atoms with Crippen LogP contribution in [0, 0.1) is 5.82 Å². The summed E-state index contributed by atoms with van der Waals surface area (Å²) in [5.74, 6) is -0.476. The Morgan fingerprint density at radius 3 is 2.71 bits per heavy atom. The molecule has 1 aromatic rings. The van der Waals surface area contributed by atoms with Crippen LogP contribution in [0.25, 0.3) is 0 Å². The van der Waals surface area contributed by atoms with Crippen LogP contribution in [0.4, 0.5) is 10.1 Å². The Labute approximate surface area is 100 Å². The maximum absolute atomic E-state index is 13.0. The maximum atomic E-state index is 13.0. The Hall–Kier alpha value is -1.14. The van der Waals surface area contributed by atoms with E-state index < -0.39 is 21.8 Å². The normalized spacial score (nSPS) is 13.6. The van der Waals surface area contributed by atoms with Crippen molar-refractivity contribution in [1.29, 1.82) is 0 Å². The molecular weight excluding hydrogens is 245 g/mol. The van der Waals surface area contributed by atoms with E-state index in [1.165, 1.54) is 18.2 Å². The van der Waals surface area contributed by atoms with Gasteiger partial charge in [-0.1, -0.05) is 0 Å². The third-order valence-corrected chi connectivity index (χ3v) is 3.43. The number of aliphatic hydroxyl groups excluding tert-OH is 1. The molecule has 0 bridgehead atoms. The van der Waals surface area contributed by atoms with Crippen molar-refractivity contribution in [2.45, 2.75) is 18.9 Å². The number of halogens is 1. The molecule has 0 fully saturated rings. The molecule has 96 valence electrons. The summed E-state index contributed by atoms with van der Waals surface area (Å²) in [5, 5.41) is 9.78. The Morgan fingerprint density at radius 1 is 1.47 bits per heavy atom. The van der Waals surface area contributed by atoms with Crippen LogP contribution in [0.1, 0.15) is 24.5 Å². The van der Waals surface area contributed by atoms with Gasteiger partial charge in [0.1, 0.15) is 15.7 Å². The van der Waals surface area contributed by atoms with Gasteiger partial charge in [-0.2, -0.15) is 0 Å². The molecule has 0 aliphatic carbocycles. The lowest BCUT2D eigenvalue weighted by Crippen LogP contribution is -2.07. The van der Waals surface area contributed by atoms with E-state index in [-0.39, 0.29) is 12.2 Å². The fourth-order valence-corrected chi connectivity index (χ4v) is 2.22. The smallest absolute Gasteiger partial charge is 0.147 e. The summed E-state index contributed by atoms with van der Waals surface area (Å²) in [7, 11) is -3.04. The second kappa shape index (κ2) is 5.46. The first-order valence-corrected chi connectivity index (χ1v) is 7.26. The molecule has 17 heavy (non-hydrogen) atoms. The largest absolute Gasteiger partial charge is 0.398 e. The third-order valence-electron chi connectivity index (χ3n) is 2.40. The van der Waals surface area contributed by atoms with Crippen molar-refractivity contribution >= 4 is 15.5 Å². The van der Waals surface area contributed by atoms with Gasteiger partial charge in [0.25, 0.3) is 0 Å². The monoisotopic (exact) mass is 261 g/mol. The molecule has 1 rings (SSSR count). The van der Waals surface area contributed by atoms with E-state index >= 15 is 0 Å². The fourth-order valence-electron chi connectivity index (χ4n) is 1.53. The van der Waals surface area contributed by atoms with Gasteiger partial charge >= 0.3 is 0 Å². The summed E-state index contributed by atoms with van der Waals surface area (Å²) in [6, 6.07) is 3.76. The molecule has 1 atom stereocenters. The molecule has 1 aromatic carbocycles. The molecule has 6 heteroatoms. The van der Waals surface area contributed by atoms with Crippen molar-refractivity contribution < 1.29 is 17.9 Å². The second-order valence-electron chi connectivity index (χ2n) is 4.06. The first-order chi connectivity index (χ1) is 7.79. The van der Waals surface area contributed by atoms with Crippen molar-refractivity contribution in [3.63, 3.8) is 0 Å². The number of hydrogen-bond donors (Lipinski definition) is 2. The van der Waals surface area contributed by atoms with E-state index in [0.29, 0.717) is 17.7 Å². The van der Waals surface area contributed by atoms with Gasteiger partial charge in [-0.3, -0.25) is 0 Å². The lowest BCUT2D eigenvalue weighted by molar-refractivity contribution is 0.167. The minimum Gasteiger partial charge on any atom is -0.398 e. The summed E-state index contributed by atoms with van der Waals surface area (Å²) >= 11 is 0. The lowest BCUT2D eigenvalue weighted by Gasteiger charge is -2.13. The molecule has 0 saturated heterocycles. The zero-order valence-corrected chi connectivity index (χ0v) is 10.4. The molecule has 0 heterocycles. The summed E-state index contributed by atoms with van der Waals surface area (Å²) in [6.07, 6.45) is 0.750. The number of nitrogens with two attached hydrogens (primary N) is 1. The molecular formula is C11H16FNO3S. The van der Waals surface area contributed by atoms with Crippen LogP contribution in [0.15, 0.2) is 18.2 Å². The molecule has 0 aliphatic rings. The van der Waals surface area contributed by atoms with Crippen LogP contribution in [-0.4, -0.2) is 25.5 Å². The Kier molecular flexibility index (Phi) is 4.47. The topological polar surface area (TPSA) is 80.4 Å². The van der Waals surface area contributed by atoms with Crippen LogP contribution < -0.4 is 5.73 Å². The first kappa shape index (κ1) is 13.9. The summed E-state index contributed by atoms with van der Waals surface area (Å²) in [4.78, 5) is 0. The molecule has 1 unspecified atom stereocenters. The zero-order valence-electron chi connectivity index (χ0n) is 9.56. The molecule has 0 aliphatic heterocycles. The third kappa shape index (κ3) is 4.70. The highest BCUT2D eigenvalue weighted by Gasteiger charge is 2.13. The van der Waals surface area contributed by atoms with Crippen molar-refractivity contribution in [1.82, 2.24) is 0 Å².